The summed E-state index contributed by atoms with van der Waals surface area (Å²) in [4.78, 5) is 34.2. The highest BCUT2D eigenvalue weighted by atomic mass is 32.2. The lowest BCUT2D eigenvalue weighted by Crippen LogP contribution is -2.44. The van der Waals surface area contributed by atoms with Crippen molar-refractivity contribution < 1.29 is 4.79 Å². The van der Waals surface area contributed by atoms with E-state index in [4.69, 9.17) is 0 Å². The van der Waals surface area contributed by atoms with Crippen molar-refractivity contribution >= 4 is 39.2 Å². The number of thioether (sulfide) groups is 1. The van der Waals surface area contributed by atoms with E-state index in [0.29, 0.717) is 28.9 Å². The van der Waals surface area contributed by atoms with Crippen LogP contribution in [0.2, 0.25) is 0 Å². The van der Waals surface area contributed by atoms with Crippen molar-refractivity contribution in [3.63, 3.8) is 0 Å². The van der Waals surface area contributed by atoms with Gasteiger partial charge in [-0.05, 0) is 45.1 Å². The first-order valence-electron chi connectivity index (χ1n) is 9.27. The highest BCUT2D eigenvalue weighted by Gasteiger charge is 2.25. The van der Waals surface area contributed by atoms with Gasteiger partial charge in [0.2, 0.25) is 5.91 Å². The summed E-state index contributed by atoms with van der Waals surface area (Å²) >= 11 is 3.07. The van der Waals surface area contributed by atoms with E-state index in [1.165, 1.54) is 31.0 Å². The third-order valence-corrected chi connectivity index (χ3v) is 7.62. The number of nitrogens with one attached hydrogen (secondary N) is 2. The molecule has 0 aromatic carbocycles. The Kier molecular flexibility index (Phi) is 6.07. The number of aromatic nitrogens is 2. The molecule has 2 heterocycles. The second-order valence-electron chi connectivity index (χ2n) is 7.31. The van der Waals surface area contributed by atoms with Crippen LogP contribution in [0.5, 0.6) is 0 Å². The van der Waals surface area contributed by atoms with Crippen LogP contribution < -0.4 is 10.9 Å². The van der Waals surface area contributed by atoms with Gasteiger partial charge < -0.3 is 10.3 Å². The second kappa shape index (κ2) is 8.13. The van der Waals surface area contributed by atoms with Crippen LogP contribution in [0.15, 0.2) is 4.79 Å². The van der Waals surface area contributed by atoms with Gasteiger partial charge in [0.05, 0.1) is 16.4 Å². The minimum atomic E-state index is -0.170. The molecule has 1 saturated carbocycles. The Balaban J connectivity index is 1.62. The zero-order chi connectivity index (χ0) is 18.8. The number of fused-ring (bicyclic) bond motifs is 1. The average molecular weight is 394 g/mol. The highest BCUT2D eigenvalue weighted by Crippen LogP contribution is 2.27. The number of carbonyl (C=O) groups is 1. The summed E-state index contributed by atoms with van der Waals surface area (Å²) in [5, 5.41) is 3.73. The Morgan fingerprint density at radius 1 is 1.38 bits per heavy atom. The van der Waals surface area contributed by atoms with Crippen LogP contribution in [-0.2, 0) is 10.5 Å². The molecule has 3 rings (SSSR count). The minimum absolute atomic E-state index is 0.0828. The third-order valence-electron chi connectivity index (χ3n) is 5.37. The lowest BCUT2D eigenvalue weighted by Gasteiger charge is -2.30. The van der Waals surface area contributed by atoms with E-state index in [9.17, 15) is 9.59 Å². The van der Waals surface area contributed by atoms with Crippen molar-refractivity contribution in [2.45, 2.75) is 70.4 Å². The molecular weight excluding hydrogens is 366 g/mol. The van der Waals surface area contributed by atoms with Gasteiger partial charge in [0.25, 0.3) is 5.56 Å². The van der Waals surface area contributed by atoms with E-state index in [-0.39, 0.29) is 16.7 Å². The molecule has 7 heteroatoms. The van der Waals surface area contributed by atoms with Gasteiger partial charge in [0.15, 0.2) is 0 Å². The van der Waals surface area contributed by atoms with Gasteiger partial charge in [-0.2, -0.15) is 0 Å². The smallest absolute Gasteiger partial charge is 0.259 e. The second-order valence-corrected chi connectivity index (χ2v) is 9.84. The molecule has 2 N–H and O–H groups in total. The van der Waals surface area contributed by atoms with Crippen LogP contribution in [0, 0.1) is 19.8 Å². The molecule has 0 spiro atoms. The molecule has 0 bridgehead atoms. The minimum Gasteiger partial charge on any atom is -0.352 e. The first-order valence-corrected chi connectivity index (χ1v) is 11.1. The quantitative estimate of drug-likeness (QED) is 0.807. The van der Waals surface area contributed by atoms with E-state index in [0.717, 1.165) is 21.7 Å². The summed E-state index contributed by atoms with van der Waals surface area (Å²) in [6, 6.07) is 0.297. The molecule has 1 fully saturated rings. The number of rotatable bonds is 5. The van der Waals surface area contributed by atoms with E-state index in [1.54, 1.807) is 11.3 Å². The molecule has 2 aromatic rings. The molecule has 0 aliphatic heterocycles. The first-order chi connectivity index (χ1) is 12.4. The van der Waals surface area contributed by atoms with Gasteiger partial charge in [-0.3, -0.25) is 9.59 Å². The van der Waals surface area contributed by atoms with E-state index < -0.39 is 0 Å². The summed E-state index contributed by atoms with van der Waals surface area (Å²) in [6.45, 7) is 8.10. The summed E-state index contributed by atoms with van der Waals surface area (Å²) < 4.78 is 0. The van der Waals surface area contributed by atoms with Gasteiger partial charge in [-0.25, -0.2) is 4.98 Å². The normalized spacial score (nSPS) is 21.7. The van der Waals surface area contributed by atoms with E-state index in [2.05, 4.69) is 22.2 Å². The molecule has 26 heavy (non-hydrogen) atoms. The molecule has 5 nitrogen and oxygen atoms in total. The monoisotopic (exact) mass is 393 g/mol. The van der Waals surface area contributed by atoms with Gasteiger partial charge in [0, 0.05) is 10.9 Å². The van der Waals surface area contributed by atoms with Crippen LogP contribution in [0.3, 0.4) is 0 Å². The van der Waals surface area contributed by atoms with E-state index >= 15 is 0 Å². The maximum absolute atomic E-state index is 12.5. The highest BCUT2D eigenvalue weighted by molar-refractivity contribution is 7.99. The van der Waals surface area contributed by atoms with Crippen molar-refractivity contribution in [3.05, 3.63) is 26.6 Å². The van der Waals surface area contributed by atoms with Gasteiger partial charge in [-0.1, -0.05) is 19.8 Å². The van der Waals surface area contributed by atoms with Crippen molar-refractivity contribution in [1.29, 1.82) is 0 Å². The van der Waals surface area contributed by atoms with Crippen LogP contribution >= 0.6 is 23.1 Å². The van der Waals surface area contributed by atoms with Gasteiger partial charge in [0.1, 0.15) is 10.7 Å². The summed E-state index contributed by atoms with van der Waals surface area (Å²) in [5.74, 6) is 1.80. The van der Waals surface area contributed by atoms with Crippen molar-refractivity contribution in [1.82, 2.24) is 15.3 Å². The lowest BCUT2D eigenvalue weighted by atomic mass is 9.86. The SMILES string of the molecule is Cc1sc2nc(CSC(C)C(=O)NC3CCCCC3C)[nH]c(=O)c2c1C. The number of hydrogen-bond donors (Lipinski definition) is 2. The van der Waals surface area contributed by atoms with Gasteiger partial charge in [-0.15, -0.1) is 23.1 Å². The molecule has 2 aromatic heterocycles. The number of thiophene rings is 1. The standard InChI is InChI=1S/C19H27N3O2S2/c1-10-7-5-6-8-14(10)20-17(23)13(4)25-9-15-21-18(24)16-11(2)12(3)26-19(16)22-15/h10,13-14H,5-9H2,1-4H3,(H,20,23)(H,21,22,24). The molecule has 142 valence electrons. The Labute approximate surface area is 162 Å². The fraction of sp³-hybridized carbons (Fsp3) is 0.632. The Morgan fingerprint density at radius 3 is 2.85 bits per heavy atom. The third kappa shape index (κ3) is 4.14. The predicted octanol–water partition coefficient (Wildman–Crippen LogP) is 3.92. The molecular formula is C19H27N3O2S2. The lowest BCUT2D eigenvalue weighted by molar-refractivity contribution is -0.121. The molecule has 1 aliphatic carbocycles. The van der Waals surface area contributed by atoms with E-state index in [1.807, 2.05) is 20.8 Å². The number of carbonyl (C=O) groups excluding carboxylic acids is 1. The number of H-pyrrole nitrogens is 1. The predicted molar refractivity (Wildman–Crippen MR) is 110 cm³/mol. The summed E-state index contributed by atoms with van der Waals surface area (Å²) in [5.41, 5.74) is 0.924. The van der Waals surface area contributed by atoms with Crippen LogP contribution in [0.4, 0.5) is 0 Å². The maximum atomic E-state index is 12.5. The number of nitrogens with zero attached hydrogens (tertiary/aromatic N) is 1. The topological polar surface area (TPSA) is 74.8 Å². The van der Waals surface area contributed by atoms with Crippen molar-refractivity contribution in [2.24, 2.45) is 5.92 Å². The zero-order valence-corrected chi connectivity index (χ0v) is 17.5. The summed E-state index contributed by atoms with van der Waals surface area (Å²) in [6.07, 6.45) is 4.73. The van der Waals surface area contributed by atoms with Gasteiger partial charge >= 0.3 is 0 Å². The number of hydrogen-bond acceptors (Lipinski definition) is 5. The number of aromatic amines is 1. The molecule has 1 aliphatic rings. The Morgan fingerprint density at radius 2 is 2.12 bits per heavy atom. The fourth-order valence-corrected chi connectivity index (χ4v) is 5.29. The first kappa shape index (κ1) is 19.4. The molecule has 3 unspecified atom stereocenters. The summed E-state index contributed by atoms with van der Waals surface area (Å²) in [7, 11) is 0. The van der Waals surface area contributed by atoms with Crippen molar-refractivity contribution in [2.75, 3.05) is 0 Å². The Hall–Kier alpha value is -1.34. The van der Waals surface area contributed by atoms with Crippen LogP contribution in [-0.4, -0.2) is 27.2 Å². The number of amides is 1. The van der Waals surface area contributed by atoms with Crippen LogP contribution in [0.25, 0.3) is 10.2 Å². The van der Waals surface area contributed by atoms with Crippen LogP contribution in [0.1, 0.15) is 55.8 Å². The molecule has 1 amide bonds. The zero-order valence-electron chi connectivity index (χ0n) is 15.8. The Bertz CT molecular complexity index is 858. The number of aryl methyl sites for hydroxylation is 2. The largest absolute Gasteiger partial charge is 0.352 e. The molecule has 0 radical (unpaired) electrons. The fourth-order valence-electron chi connectivity index (χ4n) is 3.48. The molecule has 3 atom stereocenters. The maximum Gasteiger partial charge on any atom is 0.259 e. The average Bonchev–Trinajstić information content (AvgIpc) is 2.89. The molecule has 0 saturated heterocycles. The van der Waals surface area contributed by atoms with Crippen molar-refractivity contribution in [3.8, 4) is 0 Å².